The van der Waals surface area contributed by atoms with Crippen molar-refractivity contribution >= 4 is 28.2 Å². The first-order valence-electron chi connectivity index (χ1n) is 12.5. The number of aromatic nitrogens is 2. The molecule has 39 heavy (non-hydrogen) atoms. The number of amides is 1. The summed E-state index contributed by atoms with van der Waals surface area (Å²) in [5.74, 6) is 1.27. The molecule has 10 heteroatoms. The van der Waals surface area contributed by atoms with Crippen LogP contribution in [0.4, 0.5) is 24.1 Å². The third kappa shape index (κ3) is 6.06. The molecule has 202 valence electrons. The van der Waals surface area contributed by atoms with Gasteiger partial charge in [-0.05, 0) is 73.7 Å². The molecular formula is C29H27F3N4O2S. The second-order valence-corrected chi connectivity index (χ2v) is 10.6. The van der Waals surface area contributed by atoms with Crippen LogP contribution in [0.5, 0.6) is 5.75 Å². The lowest BCUT2D eigenvalue weighted by Crippen LogP contribution is -2.33. The Kier molecular flexibility index (Phi) is 7.56. The Labute approximate surface area is 228 Å². The number of hydrogen-bond acceptors (Lipinski definition) is 6. The van der Waals surface area contributed by atoms with Gasteiger partial charge in [0, 0.05) is 29.7 Å². The maximum Gasteiger partial charge on any atom is 0.416 e. The number of ether oxygens (including phenoxy) is 1. The first kappa shape index (κ1) is 26.7. The summed E-state index contributed by atoms with van der Waals surface area (Å²) in [5, 5.41) is 3.36. The van der Waals surface area contributed by atoms with E-state index in [9.17, 15) is 18.0 Å². The van der Waals surface area contributed by atoms with Crippen molar-refractivity contribution in [2.45, 2.75) is 31.9 Å². The van der Waals surface area contributed by atoms with Crippen LogP contribution in [0.15, 0.2) is 66.9 Å². The lowest BCUT2D eigenvalue weighted by atomic mass is 9.88. The van der Waals surface area contributed by atoms with Crippen LogP contribution in [0.25, 0.3) is 11.3 Å². The van der Waals surface area contributed by atoms with E-state index in [4.69, 9.17) is 4.74 Å². The fraction of sp³-hybridized carbons (Fsp3) is 0.276. The van der Waals surface area contributed by atoms with Gasteiger partial charge in [-0.3, -0.25) is 10.1 Å². The number of nitrogens with one attached hydrogen (secondary N) is 1. The van der Waals surface area contributed by atoms with Gasteiger partial charge >= 0.3 is 6.18 Å². The first-order chi connectivity index (χ1) is 18.7. The molecule has 1 N–H and O–H groups in total. The fourth-order valence-electron chi connectivity index (χ4n) is 4.75. The van der Waals surface area contributed by atoms with Crippen molar-refractivity contribution in [1.29, 1.82) is 0 Å². The number of anilines is 2. The van der Waals surface area contributed by atoms with E-state index in [1.807, 2.05) is 31.2 Å². The number of piperidine rings is 1. The van der Waals surface area contributed by atoms with Gasteiger partial charge in [-0.15, -0.1) is 11.3 Å². The molecule has 0 aliphatic carbocycles. The summed E-state index contributed by atoms with van der Waals surface area (Å²) in [4.78, 5) is 25.0. The van der Waals surface area contributed by atoms with E-state index in [1.54, 1.807) is 25.3 Å². The Bertz CT molecular complexity index is 1440. The largest absolute Gasteiger partial charge is 0.497 e. The van der Waals surface area contributed by atoms with Gasteiger partial charge in [0.15, 0.2) is 5.13 Å². The van der Waals surface area contributed by atoms with Crippen molar-refractivity contribution in [1.82, 2.24) is 9.97 Å². The zero-order chi connectivity index (χ0) is 27.6. The fourth-order valence-corrected chi connectivity index (χ4v) is 5.59. The number of hydrogen-bond donors (Lipinski definition) is 1. The molecule has 6 nitrogen and oxygen atoms in total. The Balaban J connectivity index is 1.19. The predicted octanol–water partition coefficient (Wildman–Crippen LogP) is 7.18. The molecule has 0 bridgehead atoms. The van der Waals surface area contributed by atoms with Gasteiger partial charge < -0.3 is 9.64 Å². The van der Waals surface area contributed by atoms with E-state index in [0.717, 1.165) is 52.2 Å². The van der Waals surface area contributed by atoms with Gasteiger partial charge in [0.2, 0.25) is 0 Å². The quantitative estimate of drug-likeness (QED) is 0.275. The molecule has 5 rings (SSSR count). The van der Waals surface area contributed by atoms with Gasteiger partial charge in [0.05, 0.1) is 23.9 Å². The van der Waals surface area contributed by atoms with Crippen LogP contribution >= 0.6 is 11.3 Å². The van der Waals surface area contributed by atoms with Crippen LogP contribution < -0.4 is 15.0 Å². The maximum absolute atomic E-state index is 13.1. The highest BCUT2D eigenvalue weighted by Gasteiger charge is 2.31. The lowest BCUT2D eigenvalue weighted by molar-refractivity contribution is -0.137. The minimum atomic E-state index is -4.34. The number of nitrogens with zero attached hydrogens (tertiary/aromatic N) is 3. The van der Waals surface area contributed by atoms with Crippen LogP contribution in [0.3, 0.4) is 0 Å². The van der Waals surface area contributed by atoms with Crippen molar-refractivity contribution in [3.8, 4) is 17.0 Å². The molecule has 3 heterocycles. The van der Waals surface area contributed by atoms with E-state index in [0.29, 0.717) is 23.8 Å². The monoisotopic (exact) mass is 552 g/mol. The molecule has 0 saturated carbocycles. The van der Waals surface area contributed by atoms with Gasteiger partial charge in [0.1, 0.15) is 11.6 Å². The zero-order valence-corrected chi connectivity index (χ0v) is 22.3. The number of carbonyl (C=O) groups excluding carboxylic acids is 1. The van der Waals surface area contributed by atoms with Crippen LogP contribution in [-0.2, 0) is 6.18 Å². The summed E-state index contributed by atoms with van der Waals surface area (Å²) in [6.45, 7) is 3.30. The number of rotatable bonds is 6. The molecule has 0 spiro atoms. The number of benzene rings is 2. The van der Waals surface area contributed by atoms with Gasteiger partial charge in [-0.25, -0.2) is 9.97 Å². The normalized spacial score (nSPS) is 14.3. The Morgan fingerprint density at radius 1 is 1.08 bits per heavy atom. The van der Waals surface area contributed by atoms with E-state index in [1.165, 1.54) is 29.7 Å². The zero-order valence-electron chi connectivity index (χ0n) is 21.5. The first-order valence-corrected chi connectivity index (χ1v) is 13.3. The molecule has 0 unspecified atom stereocenters. The van der Waals surface area contributed by atoms with E-state index in [2.05, 4.69) is 20.2 Å². The molecule has 1 fully saturated rings. The number of halogens is 3. The summed E-state index contributed by atoms with van der Waals surface area (Å²) >= 11 is 1.40. The number of thiazole rings is 1. The molecule has 1 aliphatic rings. The molecule has 0 atom stereocenters. The highest BCUT2D eigenvalue weighted by atomic mass is 32.1. The Hall–Kier alpha value is -3.92. The molecule has 4 aromatic rings. The van der Waals surface area contributed by atoms with Crippen molar-refractivity contribution in [3.63, 3.8) is 0 Å². The molecule has 1 aliphatic heterocycles. The highest BCUT2D eigenvalue weighted by molar-refractivity contribution is 7.16. The molecule has 2 aromatic carbocycles. The molecule has 2 aromatic heterocycles. The minimum absolute atomic E-state index is 0.0677. The minimum Gasteiger partial charge on any atom is -0.497 e. The molecule has 1 saturated heterocycles. The SMILES string of the molecule is COc1ccc(-c2nc(NC(=O)c3ccc(N4CCC(c5cccc(C(F)(F)F)c5)CC4)nc3)sc2C)cc1. The Morgan fingerprint density at radius 2 is 1.82 bits per heavy atom. The van der Waals surface area contributed by atoms with E-state index in [-0.39, 0.29) is 11.8 Å². The molecule has 1 amide bonds. The van der Waals surface area contributed by atoms with Crippen molar-refractivity contribution in [2.75, 3.05) is 30.4 Å². The van der Waals surface area contributed by atoms with Gasteiger partial charge in [0.25, 0.3) is 5.91 Å². The average molecular weight is 553 g/mol. The number of aryl methyl sites for hydroxylation is 1. The smallest absolute Gasteiger partial charge is 0.416 e. The number of methoxy groups -OCH3 is 1. The summed E-state index contributed by atoms with van der Waals surface area (Å²) in [6, 6.07) is 16.7. The summed E-state index contributed by atoms with van der Waals surface area (Å²) in [6.07, 6.45) is -1.35. The molecule has 0 radical (unpaired) electrons. The predicted molar refractivity (Wildman–Crippen MR) is 147 cm³/mol. The number of carbonyl (C=O) groups is 1. The summed E-state index contributed by atoms with van der Waals surface area (Å²) < 4.78 is 44.5. The third-order valence-corrected chi connectivity index (χ3v) is 7.78. The summed E-state index contributed by atoms with van der Waals surface area (Å²) in [5.41, 5.74) is 2.27. The van der Waals surface area contributed by atoms with Crippen molar-refractivity contribution in [3.05, 3.63) is 88.4 Å². The average Bonchev–Trinajstić information content (AvgIpc) is 3.32. The van der Waals surface area contributed by atoms with Gasteiger partial charge in [-0.2, -0.15) is 13.2 Å². The van der Waals surface area contributed by atoms with Crippen LogP contribution in [-0.4, -0.2) is 36.1 Å². The summed E-state index contributed by atoms with van der Waals surface area (Å²) in [7, 11) is 1.62. The number of alkyl halides is 3. The van der Waals surface area contributed by atoms with Crippen LogP contribution in [0.2, 0.25) is 0 Å². The number of pyridine rings is 1. The van der Waals surface area contributed by atoms with Crippen molar-refractivity contribution in [2.24, 2.45) is 0 Å². The van der Waals surface area contributed by atoms with Crippen molar-refractivity contribution < 1.29 is 22.7 Å². The second-order valence-electron chi connectivity index (χ2n) is 9.40. The second kappa shape index (κ2) is 11.1. The van der Waals surface area contributed by atoms with Gasteiger partial charge in [-0.1, -0.05) is 18.2 Å². The van der Waals surface area contributed by atoms with E-state index < -0.39 is 11.7 Å². The highest BCUT2D eigenvalue weighted by Crippen LogP contribution is 2.35. The van der Waals surface area contributed by atoms with Crippen LogP contribution in [0.1, 0.15) is 45.1 Å². The standard InChI is InChI=1S/C29H27F3N4O2S/c1-18-26(20-6-9-24(38-2)10-7-20)34-28(39-18)35-27(37)22-8-11-25(33-17-22)36-14-12-19(13-15-36)21-4-3-5-23(16-21)29(30,31)32/h3-11,16-17,19H,12-15H2,1-2H3,(H,34,35,37). The third-order valence-electron chi connectivity index (χ3n) is 6.89. The Morgan fingerprint density at radius 3 is 2.46 bits per heavy atom. The maximum atomic E-state index is 13.1. The molecular weight excluding hydrogens is 525 g/mol. The lowest BCUT2D eigenvalue weighted by Gasteiger charge is -2.33. The van der Waals surface area contributed by atoms with E-state index >= 15 is 0 Å². The van der Waals surface area contributed by atoms with Crippen LogP contribution in [0, 0.1) is 6.92 Å². The topological polar surface area (TPSA) is 67.3 Å².